The van der Waals surface area contributed by atoms with Gasteiger partial charge in [-0.2, -0.15) is 0 Å². The van der Waals surface area contributed by atoms with Crippen LogP contribution in [0.1, 0.15) is 43.4 Å². The summed E-state index contributed by atoms with van der Waals surface area (Å²) in [6, 6.07) is 3.73. The van der Waals surface area contributed by atoms with Gasteiger partial charge >= 0.3 is 0 Å². The number of benzene rings is 1. The van der Waals surface area contributed by atoms with Gasteiger partial charge in [0.1, 0.15) is 0 Å². The molecular formula is C16H21Cl2NO2. The van der Waals surface area contributed by atoms with Gasteiger partial charge in [0.2, 0.25) is 5.91 Å². The van der Waals surface area contributed by atoms with Gasteiger partial charge in [0, 0.05) is 36.7 Å². The lowest BCUT2D eigenvalue weighted by molar-refractivity contribution is -0.133. The topological polar surface area (TPSA) is 29.5 Å². The number of ether oxygens (including phenoxy) is 1. The van der Waals surface area contributed by atoms with Crippen LogP contribution < -0.4 is 0 Å². The van der Waals surface area contributed by atoms with Gasteiger partial charge < -0.3 is 9.64 Å². The van der Waals surface area contributed by atoms with E-state index in [4.69, 9.17) is 27.9 Å². The van der Waals surface area contributed by atoms with Gasteiger partial charge in [-0.15, -0.1) is 0 Å². The van der Waals surface area contributed by atoms with E-state index in [9.17, 15) is 4.79 Å². The van der Waals surface area contributed by atoms with Gasteiger partial charge in [0.15, 0.2) is 0 Å². The predicted molar refractivity (Wildman–Crippen MR) is 86.0 cm³/mol. The summed E-state index contributed by atoms with van der Waals surface area (Å²) in [5.74, 6) is 0.195. The Kier molecular flexibility index (Phi) is 5.91. The molecule has 21 heavy (non-hydrogen) atoms. The first-order valence-electron chi connectivity index (χ1n) is 7.30. The molecule has 0 aliphatic carbocycles. The maximum atomic E-state index is 12.4. The summed E-state index contributed by atoms with van der Waals surface area (Å²) in [4.78, 5) is 14.3. The molecule has 0 spiro atoms. The second-order valence-electron chi connectivity index (χ2n) is 5.42. The highest BCUT2D eigenvalue weighted by atomic mass is 35.5. The molecule has 1 aromatic carbocycles. The Bertz CT molecular complexity index is 519. The monoisotopic (exact) mass is 329 g/mol. The van der Waals surface area contributed by atoms with E-state index in [1.54, 1.807) is 13.2 Å². The maximum Gasteiger partial charge on any atom is 0.223 e. The van der Waals surface area contributed by atoms with E-state index < -0.39 is 0 Å². The summed E-state index contributed by atoms with van der Waals surface area (Å²) in [7, 11) is 1.68. The molecule has 5 heteroatoms. The molecule has 1 unspecified atom stereocenters. The van der Waals surface area contributed by atoms with Gasteiger partial charge in [-0.05, 0) is 49.4 Å². The minimum absolute atomic E-state index is 0.0277. The molecule has 1 aliphatic heterocycles. The van der Waals surface area contributed by atoms with Crippen molar-refractivity contribution in [3.63, 3.8) is 0 Å². The number of carbonyl (C=O) groups is 1. The molecule has 0 fully saturated rings. The van der Waals surface area contributed by atoms with Crippen LogP contribution in [0.5, 0.6) is 0 Å². The van der Waals surface area contributed by atoms with E-state index in [1.165, 1.54) is 0 Å². The van der Waals surface area contributed by atoms with Crippen LogP contribution in [0.25, 0.3) is 0 Å². The maximum absolute atomic E-state index is 12.4. The lowest BCUT2D eigenvalue weighted by atomic mass is 9.93. The van der Waals surface area contributed by atoms with E-state index in [0.29, 0.717) is 23.1 Å². The van der Waals surface area contributed by atoms with Crippen molar-refractivity contribution >= 4 is 29.1 Å². The van der Waals surface area contributed by atoms with Crippen molar-refractivity contribution in [2.45, 2.75) is 38.6 Å². The first kappa shape index (κ1) is 16.6. The normalized spacial score (nSPS) is 17.7. The summed E-state index contributed by atoms with van der Waals surface area (Å²) < 4.78 is 5.01. The van der Waals surface area contributed by atoms with Crippen LogP contribution in [0.15, 0.2) is 12.1 Å². The molecule has 1 aliphatic rings. The zero-order chi connectivity index (χ0) is 15.4. The zero-order valence-corrected chi connectivity index (χ0v) is 14.0. The number of hydrogen-bond donors (Lipinski definition) is 0. The number of hydrogen-bond acceptors (Lipinski definition) is 2. The Hall–Kier alpha value is -0.770. The fourth-order valence-corrected chi connectivity index (χ4v) is 3.46. The summed E-state index contributed by atoms with van der Waals surface area (Å²) in [6.45, 7) is 3.47. The molecule has 0 aromatic heterocycles. The van der Waals surface area contributed by atoms with E-state index in [2.05, 4.69) is 0 Å². The standard InChI is InChI=1S/C16H21Cl2NO2/c1-11-14-9-12(17)10-15(18)13(14)6-7-19(11)16(20)5-3-4-8-21-2/h9-11H,3-8H2,1-2H3. The highest BCUT2D eigenvalue weighted by molar-refractivity contribution is 6.35. The molecular weight excluding hydrogens is 309 g/mol. The number of rotatable bonds is 5. The molecule has 1 heterocycles. The Labute approximate surface area is 136 Å². The number of amides is 1. The lowest BCUT2D eigenvalue weighted by Crippen LogP contribution is -2.38. The van der Waals surface area contributed by atoms with Gasteiger partial charge in [0.05, 0.1) is 6.04 Å². The van der Waals surface area contributed by atoms with Crippen LogP contribution in [0.4, 0.5) is 0 Å². The number of methoxy groups -OCH3 is 1. The first-order valence-corrected chi connectivity index (χ1v) is 8.06. The van der Waals surface area contributed by atoms with Gasteiger partial charge in [0.25, 0.3) is 0 Å². The second kappa shape index (κ2) is 7.48. The van der Waals surface area contributed by atoms with Crippen molar-refractivity contribution < 1.29 is 9.53 Å². The molecule has 1 aromatic rings. The van der Waals surface area contributed by atoms with E-state index >= 15 is 0 Å². The molecule has 1 amide bonds. The molecule has 0 N–H and O–H groups in total. The molecule has 116 valence electrons. The molecule has 3 nitrogen and oxygen atoms in total. The van der Waals surface area contributed by atoms with Crippen LogP contribution >= 0.6 is 23.2 Å². The third-order valence-electron chi connectivity index (χ3n) is 4.02. The highest BCUT2D eigenvalue weighted by Gasteiger charge is 2.28. The summed E-state index contributed by atoms with van der Waals surface area (Å²) in [6.07, 6.45) is 3.13. The number of carbonyl (C=O) groups excluding carboxylic acids is 1. The van der Waals surface area contributed by atoms with Crippen molar-refractivity contribution in [3.05, 3.63) is 33.3 Å². The predicted octanol–water partition coefficient (Wildman–Crippen LogP) is 4.26. The first-order chi connectivity index (χ1) is 10.0. The Morgan fingerprint density at radius 2 is 2.14 bits per heavy atom. The van der Waals surface area contributed by atoms with E-state index in [1.807, 2.05) is 17.9 Å². The number of unbranched alkanes of at least 4 members (excludes halogenated alkanes) is 1. The van der Waals surface area contributed by atoms with Crippen molar-refractivity contribution in [3.8, 4) is 0 Å². The van der Waals surface area contributed by atoms with Crippen LogP contribution in [-0.2, 0) is 16.0 Å². The average Bonchev–Trinajstić information content (AvgIpc) is 2.44. The summed E-state index contributed by atoms with van der Waals surface area (Å²) in [5.41, 5.74) is 2.20. The van der Waals surface area contributed by atoms with Crippen LogP contribution in [0, 0.1) is 0 Å². The fraction of sp³-hybridized carbons (Fsp3) is 0.562. The summed E-state index contributed by atoms with van der Waals surface area (Å²) >= 11 is 12.3. The van der Waals surface area contributed by atoms with Crippen molar-refractivity contribution in [1.29, 1.82) is 0 Å². The smallest absolute Gasteiger partial charge is 0.223 e. The number of halogens is 2. The number of nitrogens with zero attached hydrogens (tertiary/aromatic N) is 1. The quantitative estimate of drug-likeness (QED) is 0.755. The minimum Gasteiger partial charge on any atom is -0.385 e. The number of fused-ring (bicyclic) bond motifs is 1. The highest BCUT2D eigenvalue weighted by Crippen LogP contribution is 2.36. The molecule has 0 saturated carbocycles. The third-order valence-corrected chi connectivity index (χ3v) is 4.58. The van der Waals surface area contributed by atoms with Gasteiger partial charge in [-0.3, -0.25) is 4.79 Å². The summed E-state index contributed by atoms with van der Waals surface area (Å²) in [5, 5.41) is 1.33. The SMILES string of the molecule is COCCCCC(=O)N1CCc2c(Cl)cc(Cl)cc2C1C. The van der Waals surface area contributed by atoms with Crippen molar-refractivity contribution in [2.24, 2.45) is 0 Å². The lowest BCUT2D eigenvalue weighted by Gasteiger charge is -2.36. The van der Waals surface area contributed by atoms with E-state index in [0.717, 1.165) is 36.9 Å². The van der Waals surface area contributed by atoms with Gasteiger partial charge in [-0.1, -0.05) is 23.2 Å². The largest absolute Gasteiger partial charge is 0.385 e. The molecule has 0 radical (unpaired) electrons. The van der Waals surface area contributed by atoms with E-state index in [-0.39, 0.29) is 11.9 Å². The third kappa shape index (κ3) is 3.91. The zero-order valence-electron chi connectivity index (χ0n) is 12.5. The van der Waals surface area contributed by atoms with Crippen LogP contribution in [-0.4, -0.2) is 31.1 Å². The van der Waals surface area contributed by atoms with Crippen molar-refractivity contribution in [2.75, 3.05) is 20.3 Å². The molecule has 0 saturated heterocycles. The molecule has 0 bridgehead atoms. The van der Waals surface area contributed by atoms with Crippen LogP contribution in [0.2, 0.25) is 10.0 Å². The second-order valence-corrected chi connectivity index (χ2v) is 6.26. The minimum atomic E-state index is 0.0277. The Balaban J connectivity index is 2.06. The van der Waals surface area contributed by atoms with Gasteiger partial charge in [-0.25, -0.2) is 0 Å². The molecule has 1 atom stereocenters. The van der Waals surface area contributed by atoms with Crippen molar-refractivity contribution in [1.82, 2.24) is 4.90 Å². The molecule has 2 rings (SSSR count). The Morgan fingerprint density at radius 3 is 2.86 bits per heavy atom. The fourth-order valence-electron chi connectivity index (χ4n) is 2.86. The average molecular weight is 330 g/mol. The Morgan fingerprint density at radius 1 is 1.38 bits per heavy atom. The van der Waals surface area contributed by atoms with Crippen LogP contribution in [0.3, 0.4) is 0 Å².